The first-order chi connectivity index (χ1) is 12.1. The van der Waals surface area contributed by atoms with Crippen LogP contribution < -0.4 is 5.73 Å². The number of carbonyl (C=O) groups is 2. The van der Waals surface area contributed by atoms with Crippen molar-refractivity contribution in [2.45, 2.75) is 44.7 Å². The Morgan fingerprint density at radius 2 is 2.04 bits per heavy atom. The van der Waals surface area contributed by atoms with E-state index < -0.39 is 11.9 Å². The molecule has 2 atom stereocenters. The van der Waals surface area contributed by atoms with Crippen LogP contribution in [0.2, 0.25) is 0 Å². The molecule has 2 aromatic rings. The van der Waals surface area contributed by atoms with Crippen LogP contribution in [-0.2, 0) is 17.8 Å². The molecule has 0 saturated heterocycles. The number of carbonyl (C=O) groups excluding carboxylic acids is 2. The second-order valence-corrected chi connectivity index (χ2v) is 6.95. The van der Waals surface area contributed by atoms with Crippen molar-refractivity contribution < 1.29 is 9.59 Å². The van der Waals surface area contributed by atoms with E-state index in [0.29, 0.717) is 18.2 Å². The lowest BCUT2D eigenvalue weighted by Crippen LogP contribution is -2.46. The molecule has 2 unspecified atom stereocenters. The molecule has 2 N–H and O–H groups in total. The summed E-state index contributed by atoms with van der Waals surface area (Å²) in [7, 11) is 0. The van der Waals surface area contributed by atoms with E-state index in [4.69, 9.17) is 5.73 Å². The van der Waals surface area contributed by atoms with Crippen molar-refractivity contribution in [2.24, 2.45) is 5.73 Å². The molecule has 130 valence electrons. The maximum absolute atomic E-state index is 13.2. The quantitative estimate of drug-likeness (QED) is 0.909. The minimum Gasteiger partial charge on any atom is -0.368 e. The first-order valence-corrected chi connectivity index (χ1v) is 8.81. The highest BCUT2D eigenvalue weighted by molar-refractivity contribution is 5.97. The topological polar surface area (TPSA) is 81.2 Å². The van der Waals surface area contributed by atoms with Crippen molar-refractivity contribution in [3.8, 4) is 0 Å². The predicted molar refractivity (Wildman–Crippen MR) is 93.0 cm³/mol. The summed E-state index contributed by atoms with van der Waals surface area (Å²) in [5.41, 5.74) is 8.15. The van der Waals surface area contributed by atoms with Crippen LogP contribution in [0.4, 0.5) is 0 Å². The molecule has 0 spiro atoms. The molecule has 2 amide bonds. The Morgan fingerprint density at radius 3 is 2.84 bits per heavy atom. The molecule has 1 aromatic heterocycles. The van der Waals surface area contributed by atoms with E-state index in [9.17, 15) is 9.59 Å². The van der Waals surface area contributed by atoms with Crippen LogP contribution in [0.25, 0.3) is 0 Å². The number of benzene rings is 1. The zero-order valence-corrected chi connectivity index (χ0v) is 14.3. The molecule has 4 rings (SSSR count). The average Bonchev–Trinajstić information content (AvgIpc) is 3.05. The lowest BCUT2D eigenvalue weighted by Gasteiger charge is -2.35. The van der Waals surface area contributed by atoms with Crippen molar-refractivity contribution in [3.63, 3.8) is 0 Å². The Morgan fingerprint density at radius 1 is 1.24 bits per heavy atom. The molecule has 3 heterocycles. The van der Waals surface area contributed by atoms with E-state index in [-0.39, 0.29) is 5.91 Å². The van der Waals surface area contributed by atoms with Crippen LogP contribution in [-0.4, -0.2) is 32.8 Å². The number of rotatable bonds is 2. The van der Waals surface area contributed by atoms with Gasteiger partial charge in [0, 0.05) is 19.0 Å². The highest BCUT2D eigenvalue weighted by atomic mass is 16.2. The molecule has 6 heteroatoms. The molecule has 0 fully saturated rings. The molecule has 6 nitrogen and oxygen atoms in total. The zero-order valence-electron chi connectivity index (χ0n) is 14.3. The van der Waals surface area contributed by atoms with Gasteiger partial charge in [0.05, 0.1) is 6.20 Å². The third kappa shape index (κ3) is 2.52. The Labute approximate surface area is 146 Å². The van der Waals surface area contributed by atoms with Gasteiger partial charge in [0.15, 0.2) is 0 Å². The lowest BCUT2D eigenvalue weighted by molar-refractivity contribution is -0.123. The fourth-order valence-electron chi connectivity index (χ4n) is 4.11. The maximum Gasteiger partial charge on any atom is 0.273 e. The summed E-state index contributed by atoms with van der Waals surface area (Å²) < 4.78 is 2.01. The second-order valence-electron chi connectivity index (χ2n) is 6.95. The van der Waals surface area contributed by atoms with Crippen molar-refractivity contribution >= 4 is 11.8 Å². The molecule has 0 radical (unpaired) electrons. The number of nitrogens with zero attached hydrogens (tertiary/aromatic N) is 3. The van der Waals surface area contributed by atoms with Crippen LogP contribution in [0.15, 0.2) is 30.5 Å². The highest BCUT2D eigenvalue weighted by Crippen LogP contribution is 2.32. The second kappa shape index (κ2) is 6.02. The van der Waals surface area contributed by atoms with E-state index in [1.807, 2.05) is 28.8 Å². The molecule has 25 heavy (non-hydrogen) atoms. The van der Waals surface area contributed by atoms with Gasteiger partial charge in [0.2, 0.25) is 5.91 Å². The molecular weight excluding hydrogens is 316 g/mol. The Kier molecular flexibility index (Phi) is 3.82. The summed E-state index contributed by atoms with van der Waals surface area (Å²) in [6.45, 7) is 3.42. The van der Waals surface area contributed by atoms with E-state index in [1.54, 1.807) is 11.1 Å². The predicted octanol–water partition coefficient (Wildman–Crippen LogP) is 2.01. The van der Waals surface area contributed by atoms with Crippen LogP contribution in [0, 0.1) is 0 Å². The number of fused-ring (bicyclic) bond motifs is 2. The molecule has 0 bridgehead atoms. The maximum atomic E-state index is 13.2. The van der Waals surface area contributed by atoms with Crippen molar-refractivity contribution in [3.05, 3.63) is 53.1 Å². The number of imidazole rings is 1. The smallest absolute Gasteiger partial charge is 0.273 e. The summed E-state index contributed by atoms with van der Waals surface area (Å²) in [5, 5.41) is 0. The van der Waals surface area contributed by atoms with Gasteiger partial charge in [-0.2, -0.15) is 0 Å². The average molecular weight is 338 g/mol. The van der Waals surface area contributed by atoms with Gasteiger partial charge in [-0.25, -0.2) is 4.98 Å². The van der Waals surface area contributed by atoms with Crippen molar-refractivity contribution in [1.82, 2.24) is 14.5 Å². The van der Waals surface area contributed by atoms with Gasteiger partial charge < -0.3 is 15.2 Å². The van der Waals surface area contributed by atoms with Crippen LogP contribution in [0.5, 0.6) is 0 Å². The Balaban J connectivity index is 1.72. The van der Waals surface area contributed by atoms with E-state index in [1.165, 1.54) is 0 Å². The normalized spacial score (nSPS) is 22.2. The molecule has 1 aromatic carbocycles. The number of hydrogen-bond donors (Lipinski definition) is 1. The molecule has 2 aliphatic heterocycles. The fourth-order valence-corrected chi connectivity index (χ4v) is 4.11. The van der Waals surface area contributed by atoms with Gasteiger partial charge >= 0.3 is 0 Å². The monoisotopic (exact) mass is 338 g/mol. The number of nitrogens with two attached hydrogens (primary N) is 1. The molecular formula is C19H22N4O2. The van der Waals surface area contributed by atoms with Crippen LogP contribution >= 0.6 is 0 Å². The highest BCUT2D eigenvalue weighted by Gasteiger charge is 2.36. The Hall–Kier alpha value is -2.63. The molecule has 0 saturated carbocycles. The number of aromatic nitrogens is 2. The number of hydrogen-bond acceptors (Lipinski definition) is 3. The summed E-state index contributed by atoms with van der Waals surface area (Å²) in [4.78, 5) is 31.4. The summed E-state index contributed by atoms with van der Waals surface area (Å²) in [5.74, 6) is 0.658. The van der Waals surface area contributed by atoms with Crippen molar-refractivity contribution in [1.29, 1.82) is 0 Å². The zero-order chi connectivity index (χ0) is 17.6. The minimum absolute atomic E-state index is 0.161. The van der Waals surface area contributed by atoms with Gasteiger partial charge in [-0.05, 0) is 30.4 Å². The number of amides is 2. The van der Waals surface area contributed by atoms with Gasteiger partial charge in [-0.15, -0.1) is 0 Å². The van der Waals surface area contributed by atoms with Crippen LogP contribution in [0.1, 0.15) is 59.2 Å². The van der Waals surface area contributed by atoms with E-state index in [0.717, 1.165) is 42.8 Å². The SMILES string of the molecule is CC1CCCn2c(C(=O)N3CCc4ccccc4C3C(N)=O)cnc21. The largest absolute Gasteiger partial charge is 0.368 e. The fraction of sp³-hybridized carbons (Fsp3) is 0.421. The third-order valence-corrected chi connectivity index (χ3v) is 5.38. The van der Waals surface area contributed by atoms with Gasteiger partial charge in [0.1, 0.15) is 17.6 Å². The summed E-state index contributed by atoms with van der Waals surface area (Å²) >= 11 is 0. The van der Waals surface area contributed by atoms with Crippen molar-refractivity contribution in [2.75, 3.05) is 6.54 Å². The standard InChI is InChI=1S/C19H22N4O2/c1-12-5-4-9-22-15(11-21-18(12)22)19(25)23-10-8-13-6-2-3-7-14(13)16(23)17(20)24/h2-3,6-7,11-12,16H,4-5,8-10H2,1H3,(H2,20,24). The Bertz CT molecular complexity index is 842. The minimum atomic E-state index is -0.718. The first-order valence-electron chi connectivity index (χ1n) is 8.81. The number of primary amides is 1. The summed E-state index contributed by atoms with van der Waals surface area (Å²) in [6.07, 6.45) is 4.50. The molecule has 2 aliphatic rings. The van der Waals surface area contributed by atoms with Crippen LogP contribution in [0.3, 0.4) is 0 Å². The van der Waals surface area contributed by atoms with Gasteiger partial charge in [-0.3, -0.25) is 9.59 Å². The molecule has 0 aliphatic carbocycles. The van der Waals surface area contributed by atoms with Gasteiger partial charge in [0.25, 0.3) is 5.91 Å². The van der Waals surface area contributed by atoms with Gasteiger partial charge in [-0.1, -0.05) is 31.2 Å². The van der Waals surface area contributed by atoms with E-state index >= 15 is 0 Å². The third-order valence-electron chi connectivity index (χ3n) is 5.38. The van der Waals surface area contributed by atoms with E-state index in [2.05, 4.69) is 11.9 Å². The summed E-state index contributed by atoms with van der Waals surface area (Å²) in [6, 6.07) is 6.99. The first kappa shape index (κ1) is 15.9. The lowest BCUT2D eigenvalue weighted by atomic mass is 9.92.